The van der Waals surface area contributed by atoms with Gasteiger partial charge < -0.3 is 5.11 Å². The maximum atomic E-state index is 13.9. The van der Waals surface area contributed by atoms with E-state index in [2.05, 4.69) is 0 Å². The molecule has 0 spiro atoms. The molecule has 0 aliphatic heterocycles. The fourth-order valence-corrected chi connectivity index (χ4v) is 2.14. The molecule has 0 unspecified atom stereocenters. The fourth-order valence-electron chi connectivity index (χ4n) is 2.14. The van der Waals surface area contributed by atoms with Gasteiger partial charge in [-0.3, -0.25) is 0 Å². The number of hydrogen-bond acceptors (Lipinski definition) is 1. The molecule has 1 saturated carbocycles. The monoisotopic (exact) mass is 268 g/mol. The molecule has 1 N–H and O–H groups in total. The van der Waals surface area contributed by atoms with Crippen molar-refractivity contribution in [1.29, 1.82) is 0 Å². The highest BCUT2D eigenvalue weighted by Crippen LogP contribution is 2.55. The van der Waals surface area contributed by atoms with E-state index in [4.69, 9.17) is 5.11 Å². The molecular weight excluding hydrogens is 257 g/mol. The first-order chi connectivity index (χ1) is 7.46. The Bertz CT molecular complexity index is 260. The molecule has 0 heterocycles. The zero-order chi connectivity index (χ0) is 13.5. The van der Waals surface area contributed by atoms with E-state index in [1.165, 1.54) is 0 Å². The van der Waals surface area contributed by atoms with E-state index >= 15 is 0 Å². The number of aliphatic hydroxyl groups is 1. The van der Waals surface area contributed by atoms with Gasteiger partial charge in [0.1, 0.15) is 0 Å². The van der Waals surface area contributed by atoms with Crippen molar-refractivity contribution < 1.29 is 35.8 Å². The molecule has 102 valence electrons. The van der Waals surface area contributed by atoms with Gasteiger partial charge in [-0.1, -0.05) is 19.3 Å². The van der Waals surface area contributed by atoms with Crippen molar-refractivity contribution in [1.82, 2.24) is 0 Å². The second-order valence-corrected chi connectivity index (χ2v) is 4.23. The van der Waals surface area contributed by atoms with Crippen molar-refractivity contribution in [2.24, 2.45) is 0 Å². The molecule has 1 aliphatic carbocycles. The second kappa shape index (κ2) is 4.00. The van der Waals surface area contributed by atoms with Gasteiger partial charge >= 0.3 is 12.4 Å². The average Bonchev–Trinajstić information content (AvgIpc) is 2.14. The molecular formula is C9H11F7O. The van der Waals surface area contributed by atoms with Gasteiger partial charge in [0.05, 0.1) is 0 Å². The zero-order valence-corrected chi connectivity index (χ0v) is 8.63. The second-order valence-electron chi connectivity index (χ2n) is 4.23. The maximum absolute atomic E-state index is 13.9. The molecule has 0 atom stereocenters. The van der Waals surface area contributed by atoms with E-state index in [9.17, 15) is 30.7 Å². The van der Waals surface area contributed by atoms with Gasteiger partial charge in [0, 0.05) is 0 Å². The molecule has 8 heteroatoms. The minimum Gasteiger partial charge on any atom is -0.371 e. The minimum atomic E-state index is -6.09. The summed E-state index contributed by atoms with van der Waals surface area (Å²) in [5.41, 5.74) is -8.98. The van der Waals surface area contributed by atoms with Gasteiger partial charge in [0.15, 0.2) is 5.67 Å². The lowest BCUT2D eigenvalue weighted by Gasteiger charge is -2.44. The van der Waals surface area contributed by atoms with Gasteiger partial charge in [-0.15, -0.1) is 0 Å². The lowest BCUT2D eigenvalue weighted by Crippen LogP contribution is -2.69. The van der Waals surface area contributed by atoms with Crippen LogP contribution in [0.15, 0.2) is 0 Å². The number of rotatable bonds is 1. The molecule has 0 aromatic heterocycles. The summed E-state index contributed by atoms with van der Waals surface area (Å²) in [6.07, 6.45) is -13.9. The first-order valence-electron chi connectivity index (χ1n) is 5.00. The third-order valence-corrected chi connectivity index (χ3v) is 3.11. The van der Waals surface area contributed by atoms with Crippen LogP contribution < -0.4 is 0 Å². The number of hydrogen-bond donors (Lipinski definition) is 1. The summed E-state index contributed by atoms with van der Waals surface area (Å²) in [5.74, 6) is 0. The van der Waals surface area contributed by atoms with Gasteiger partial charge in [-0.25, -0.2) is 4.39 Å². The molecule has 0 aromatic rings. The third-order valence-electron chi connectivity index (χ3n) is 3.11. The lowest BCUT2D eigenvalue weighted by atomic mass is 9.73. The normalized spacial score (nSPS) is 22.6. The highest BCUT2D eigenvalue weighted by atomic mass is 19.4. The van der Waals surface area contributed by atoms with E-state index in [1.54, 1.807) is 0 Å². The van der Waals surface area contributed by atoms with Gasteiger partial charge in [-0.05, 0) is 12.8 Å². The lowest BCUT2D eigenvalue weighted by molar-refractivity contribution is -0.405. The van der Waals surface area contributed by atoms with Crippen LogP contribution >= 0.6 is 0 Å². The Balaban J connectivity index is 3.24. The predicted octanol–water partition coefficient (Wildman–Crippen LogP) is 3.51. The molecule has 1 aliphatic rings. The summed E-state index contributed by atoms with van der Waals surface area (Å²) in [6, 6.07) is 0. The van der Waals surface area contributed by atoms with Gasteiger partial charge in [-0.2, -0.15) is 26.3 Å². The summed E-state index contributed by atoms with van der Waals surface area (Å²) in [7, 11) is 0. The molecule has 0 bridgehead atoms. The highest BCUT2D eigenvalue weighted by Gasteiger charge is 2.80. The summed E-state index contributed by atoms with van der Waals surface area (Å²) in [5, 5.41) is 8.94. The molecule has 0 aromatic carbocycles. The van der Waals surface area contributed by atoms with Crippen LogP contribution in [0.25, 0.3) is 0 Å². The fraction of sp³-hybridized carbons (Fsp3) is 1.00. The Morgan fingerprint density at radius 1 is 0.765 bits per heavy atom. The van der Waals surface area contributed by atoms with E-state index in [0.29, 0.717) is 6.42 Å². The van der Waals surface area contributed by atoms with Gasteiger partial charge in [0.25, 0.3) is 5.60 Å². The van der Waals surface area contributed by atoms with E-state index < -0.39 is 36.5 Å². The maximum Gasteiger partial charge on any atom is 0.429 e. The van der Waals surface area contributed by atoms with Crippen LogP contribution in [0.4, 0.5) is 30.7 Å². The van der Waals surface area contributed by atoms with Crippen LogP contribution in [0.3, 0.4) is 0 Å². The summed E-state index contributed by atoms with van der Waals surface area (Å²) < 4.78 is 88.4. The predicted molar refractivity (Wildman–Crippen MR) is 44.0 cm³/mol. The number of alkyl halides is 7. The summed E-state index contributed by atoms with van der Waals surface area (Å²) >= 11 is 0. The van der Waals surface area contributed by atoms with E-state index in [0.717, 1.165) is 0 Å². The molecule has 0 radical (unpaired) electrons. The molecule has 1 nitrogen and oxygen atoms in total. The summed E-state index contributed by atoms with van der Waals surface area (Å²) in [4.78, 5) is 0. The molecule has 1 rings (SSSR count). The van der Waals surface area contributed by atoms with Crippen LogP contribution in [0.2, 0.25) is 0 Å². The zero-order valence-electron chi connectivity index (χ0n) is 8.63. The summed E-state index contributed by atoms with van der Waals surface area (Å²) in [6.45, 7) is 0. The van der Waals surface area contributed by atoms with Crippen LogP contribution in [-0.4, -0.2) is 28.7 Å². The number of halogens is 7. The minimum absolute atomic E-state index is 0.106. The topological polar surface area (TPSA) is 20.2 Å². The van der Waals surface area contributed by atoms with E-state index in [1.807, 2.05) is 0 Å². The highest BCUT2D eigenvalue weighted by molar-refractivity contribution is 5.10. The third kappa shape index (κ3) is 2.11. The Kier molecular flexibility index (Phi) is 3.42. The Labute approximate surface area is 92.6 Å². The van der Waals surface area contributed by atoms with Crippen molar-refractivity contribution in [3.05, 3.63) is 0 Å². The largest absolute Gasteiger partial charge is 0.429 e. The quantitative estimate of drug-likeness (QED) is 0.721. The first kappa shape index (κ1) is 14.5. The molecule has 1 fully saturated rings. The van der Waals surface area contributed by atoms with Crippen molar-refractivity contribution in [3.63, 3.8) is 0 Å². The molecule has 0 saturated heterocycles. The van der Waals surface area contributed by atoms with Crippen LogP contribution in [0.1, 0.15) is 32.1 Å². The first-order valence-corrected chi connectivity index (χ1v) is 5.00. The van der Waals surface area contributed by atoms with Crippen LogP contribution in [0, 0.1) is 0 Å². The van der Waals surface area contributed by atoms with Crippen molar-refractivity contribution in [3.8, 4) is 0 Å². The Hall–Kier alpha value is -0.530. The Morgan fingerprint density at radius 2 is 1.12 bits per heavy atom. The van der Waals surface area contributed by atoms with Gasteiger partial charge in [0.2, 0.25) is 0 Å². The average molecular weight is 268 g/mol. The van der Waals surface area contributed by atoms with Crippen LogP contribution in [0.5, 0.6) is 0 Å². The van der Waals surface area contributed by atoms with E-state index in [-0.39, 0.29) is 12.8 Å². The van der Waals surface area contributed by atoms with Crippen molar-refractivity contribution in [2.75, 3.05) is 0 Å². The van der Waals surface area contributed by atoms with Crippen molar-refractivity contribution >= 4 is 0 Å². The Morgan fingerprint density at radius 3 is 1.41 bits per heavy atom. The van der Waals surface area contributed by atoms with Crippen LogP contribution in [-0.2, 0) is 0 Å². The molecule has 17 heavy (non-hydrogen) atoms. The van der Waals surface area contributed by atoms with Crippen molar-refractivity contribution in [2.45, 2.75) is 55.7 Å². The molecule has 0 amide bonds. The SMILES string of the molecule is OC(C(F)(F)F)(C(F)(F)F)C1(F)CCCCC1. The smallest absolute Gasteiger partial charge is 0.371 e. The standard InChI is InChI=1S/C9H11F7O/c10-6(4-2-1-3-5-6)7(17,8(11,12)13)9(14,15)16/h17H,1-5H2.